The van der Waals surface area contributed by atoms with Crippen LogP contribution in [-0.2, 0) is 9.84 Å². The molecule has 0 bridgehead atoms. The molecule has 0 aliphatic carbocycles. The van der Waals surface area contributed by atoms with Crippen molar-refractivity contribution in [3.05, 3.63) is 0 Å². The van der Waals surface area contributed by atoms with E-state index in [9.17, 15) is 8.42 Å². The van der Waals surface area contributed by atoms with Gasteiger partial charge in [-0.25, -0.2) is 8.42 Å². The van der Waals surface area contributed by atoms with Crippen LogP contribution in [0.3, 0.4) is 0 Å². The highest BCUT2D eigenvalue weighted by Gasteiger charge is 2.29. The van der Waals surface area contributed by atoms with Crippen molar-refractivity contribution >= 4 is 17.7 Å². The standard InChI is InChI=1S/C5H11BO5S/c6-5(3-9)12(10,11)4(1-7)2-8/h4-5,7-9H,1-3H2. The van der Waals surface area contributed by atoms with Gasteiger partial charge in [0, 0.05) is 5.15 Å². The first-order valence-corrected chi connectivity index (χ1v) is 4.92. The van der Waals surface area contributed by atoms with Gasteiger partial charge in [0.25, 0.3) is 0 Å². The molecular weight excluding hydrogens is 183 g/mol. The molecule has 7 heteroatoms. The van der Waals surface area contributed by atoms with Crippen molar-refractivity contribution in [2.75, 3.05) is 19.8 Å². The Morgan fingerprint density at radius 1 is 1.08 bits per heavy atom. The second kappa shape index (κ2) is 4.81. The predicted octanol–water partition coefficient (Wildman–Crippen LogP) is -2.76. The number of hydrogen-bond acceptors (Lipinski definition) is 5. The van der Waals surface area contributed by atoms with E-state index < -0.39 is 40.1 Å². The Hall–Kier alpha value is -0.105. The van der Waals surface area contributed by atoms with Crippen LogP contribution >= 0.6 is 0 Å². The van der Waals surface area contributed by atoms with Crippen LogP contribution in [0.4, 0.5) is 0 Å². The normalized spacial score (nSPS) is 15.0. The average Bonchev–Trinajstić information content (AvgIpc) is 2.04. The number of aliphatic hydroxyl groups excluding tert-OH is 3. The first kappa shape index (κ1) is 11.9. The lowest BCUT2D eigenvalue weighted by Crippen LogP contribution is -2.39. The highest BCUT2D eigenvalue weighted by Crippen LogP contribution is 2.06. The topological polar surface area (TPSA) is 94.8 Å². The van der Waals surface area contributed by atoms with E-state index >= 15 is 0 Å². The van der Waals surface area contributed by atoms with Gasteiger partial charge in [-0.1, -0.05) is 0 Å². The highest BCUT2D eigenvalue weighted by molar-refractivity contribution is 7.93. The summed E-state index contributed by atoms with van der Waals surface area (Å²) in [5.74, 6) is 0. The first-order valence-electron chi connectivity index (χ1n) is 3.31. The molecule has 70 valence electrons. The van der Waals surface area contributed by atoms with Gasteiger partial charge in [-0.05, 0) is 0 Å². The molecule has 0 aromatic heterocycles. The third-order valence-electron chi connectivity index (χ3n) is 1.47. The van der Waals surface area contributed by atoms with Crippen molar-refractivity contribution in [3.8, 4) is 0 Å². The molecule has 0 spiro atoms. The fraction of sp³-hybridized carbons (Fsp3) is 1.00. The summed E-state index contributed by atoms with van der Waals surface area (Å²) in [6.07, 6.45) is 0. The molecule has 0 saturated heterocycles. The van der Waals surface area contributed by atoms with Crippen molar-refractivity contribution in [1.82, 2.24) is 0 Å². The van der Waals surface area contributed by atoms with E-state index in [4.69, 9.17) is 23.2 Å². The summed E-state index contributed by atoms with van der Waals surface area (Å²) < 4.78 is 22.2. The van der Waals surface area contributed by atoms with Crippen LogP contribution in [-0.4, -0.2) is 61.8 Å². The molecule has 2 radical (unpaired) electrons. The van der Waals surface area contributed by atoms with Gasteiger partial charge in [-0.15, -0.1) is 0 Å². The Kier molecular flexibility index (Phi) is 4.77. The largest absolute Gasteiger partial charge is 0.396 e. The van der Waals surface area contributed by atoms with Crippen molar-refractivity contribution in [2.45, 2.75) is 10.4 Å². The third-order valence-corrected chi connectivity index (χ3v) is 3.69. The summed E-state index contributed by atoms with van der Waals surface area (Å²) in [6.45, 7) is -2.13. The molecule has 0 amide bonds. The molecule has 0 heterocycles. The zero-order valence-electron chi connectivity index (χ0n) is 6.42. The van der Waals surface area contributed by atoms with Gasteiger partial charge in [0.1, 0.15) is 5.25 Å². The summed E-state index contributed by atoms with van der Waals surface area (Å²) >= 11 is 0. The molecule has 0 aliphatic heterocycles. The Balaban J connectivity index is 4.58. The molecule has 5 nitrogen and oxygen atoms in total. The summed E-state index contributed by atoms with van der Waals surface area (Å²) in [7, 11) is 1.22. The van der Waals surface area contributed by atoms with Crippen LogP contribution in [0.2, 0.25) is 0 Å². The summed E-state index contributed by atoms with van der Waals surface area (Å²) in [5.41, 5.74) is 0. The third kappa shape index (κ3) is 2.44. The maximum atomic E-state index is 11.1. The van der Waals surface area contributed by atoms with Gasteiger partial charge < -0.3 is 15.3 Å². The van der Waals surface area contributed by atoms with E-state index in [0.29, 0.717) is 0 Å². The zero-order chi connectivity index (χ0) is 9.78. The van der Waals surface area contributed by atoms with Crippen LogP contribution in [0.1, 0.15) is 0 Å². The lowest BCUT2D eigenvalue weighted by molar-refractivity contribution is 0.222. The molecular formula is C5H11BO5S. The van der Waals surface area contributed by atoms with Crippen LogP contribution in [0.5, 0.6) is 0 Å². The van der Waals surface area contributed by atoms with Crippen molar-refractivity contribution < 1.29 is 23.7 Å². The fourth-order valence-electron chi connectivity index (χ4n) is 0.617. The molecule has 0 rings (SSSR count). The fourth-order valence-corrected chi connectivity index (χ4v) is 1.73. The molecule has 12 heavy (non-hydrogen) atoms. The Labute approximate surface area is 72.4 Å². The first-order chi connectivity index (χ1) is 5.50. The maximum absolute atomic E-state index is 11.1. The summed E-state index contributed by atoms with van der Waals surface area (Å²) in [5, 5.41) is 22.8. The molecule has 0 fully saturated rings. The zero-order valence-corrected chi connectivity index (χ0v) is 7.24. The molecule has 0 saturated carbocycles. The second-order valence-corrected chi connectivity index (χ2v) is 4.75. The number of hydrogen-bond donors (Lipinski definition) is 3. The van der Waals surface area contributed by atoms with Crippen LogP contribution < -0.4 is 0 Å². The molecule has 1 unspecified atom stereocenters. The molecule has 0 aromatic rings. The van der Waals surface area contributed by atoms with E-state index in [0.717, 1.165) is 0 Å². The van der Waals surface area contributed by atoms with Crippen molar-refractivity contribution in [3.63, 3.8) is 0 Å². The van der Waals surface area contributed by atoms with E-state index in [2.05, 4.69) is 0 Å². The van der Waals surface area contributed by atoms with Crippen molar-refractivity contribution in [2.24, 2.45) is 0 Å². The van der Waals surface area contributed by atoms with Gasteiger partial charge >= 0.3 is 0 Å². The monoisotopic (exact) mass is 194 g/mol. The molecule has 0 aliphatic rings. The van der Waals surface area contributed by atoms with Gasteiger partial charge in [-0.3, -0.25) is 0 Å². The van der Waals surface area contributed by atoms with Gasteiger partial charge in [0.2, 0.25) is 0 Å². The number of rotatable bonds is 5. The van der Waals surface area contributed by atoms with E-state index in [1.54, 1.807) is 0 Å². The Morgan fingerprint density at radius 2 is 1.50 bits per heavy atom. The average molecular weight is 194 g/mol. The van der Waals surface area contributed by atoms with Crippen LogP contribution in [0.15, 0.2) is 0 Å². The maximum Gasteiger partial charge on any atom is 0.154 e. The lowest BCUT2D eigenvalue weighted by Gasteiger charge is -2.16. The Bertz CT molecular complexity index is 210. The summed E-state index contributed by atoms with van der Waals surface area (Å²) in [6, 6.07) is 0. The molecule has 0 aromatic carbocycles. The van der Waals surface area contributed by atoms with E-state index in [1.165, 1.54) is 0 Å². The smallest absolute Gasteiger partial charge is 0.154 e. The molecule has 1 atom stereocenters. The molecule has 3 N–H and O–H groups in total. The number of sulfone groups is 1. The van der Waals surface area contributed by atoms with Crippen LogP contribution in [0, 0.1) is 0 Å². The van der Waals surface area contributed by atoms with Crippen molar-refractivity contribution in [1.29, 1.82) is 0 Å². The minimum Gasteiger partial charge on any atom is -0.396 e. The van der Waals surface area contributed by atoms with E-state index in [1.807, 2.05) is 0 Å². The van der Waals surface area contributed by atoms with Crippen LogP contribution in [0.25, 0.3) is 0 Å². The van der Waals surface area contributed by atoms with E-state index in [-0.39, 0.29) is 0 Å². The Morgan fingerprint density at radius 3 is 1.75 bits per heavy atom. The quantitative estimate of drug-likeness (QED) is 0.412. The van der Waals surface area contributed by atoms with Gasteiger partial charge in [0.05, 0.1) is 27.7 Å². The van der Waals surface area contributed by atoms with Gasteiger partial charge in [-0.2, -0.15) is 0 Å². The summed E-state index contributed by atoms with van der Waals surface area (Å²) in [4.78, 5) is 0. The second-order valence-electron chi connectivity index (χ2n) is 2.30. The lowest BCUT2D eigenvalue weighted by atomic mass is 10.1. The predicted molar refractivity (Wildman–Crippen MR) is 43.5 cm³/mol. The number of aliphatic hydroxyl groups is 3. The SMILES string of the molecule is [B]C(CO)S(=O)(=O)C(CO)CO. The van der Waals surface area contributed by atoms with Gasteiger partial charge in [0.15, 0.2) is 9.84 Å². The minimum atomic E-state index is -3.82. The highest BCUT2D eigenvalue weighted by atomic mass is 32.2. The minimum absolute atomic E-state index is 0.702.